The summed E-state index contributed by atoms with van der Waals surface area (Å²) in [6, 6.07) is 0. The molecule has 0 radical (unpaired) electrons. The standard InChI is InChI=1S/C11H22N2O/c1-4-12-5-7-13(6-1)10-11-2-8-14-9-3-11/h11-12H,1-10H2. The maximum atomic E-state index is 5.38. The van der Waals surface area contributed by atoms with E-state index in [0.717, 1.165) is 19.1 Å². The SMILES string of the molecule is C1CNCCN(CC2CCOCC2)C1. The van der Waals surface area contributed by atoms with Crippen LogP contribution in [-0.2, 0) is 4.74 Å². The van der Waals surface area contributed by atoms with Crippen molar-refractivity contribution in [1.29, 1.82) is 0 Å². The first-order valence-electron chi connectivity index (χ1n) is 5.96. The molecular weight excluding hydrogens is 176 g/mol. The van der Waals surface area contributed by atoms with Crippen molar-refractivity contribution in [3.8, 4) is 0 Å². The molecule has 2 fully saturated rings. The maximum Gasteiger partial charge on any atom is 0.0469 e. The second-order valence-corrected chi connectivity index (χ2v) is 4.46. The normalized spacial score (nSPS) is 27.4. The Balaban J connectivity index is 1.71. The Labute approximate surface area is 86.8 Å². The predicted molar refractivity (Wildman–Crippen MR) is 57.5 cm³/mol. The fourth-order valence-corrected chi connectivity index (χ4v) is 2.38. The van der Waals surface area contributed by atoms with Crippen LogP contribution in [0.2, 0.25) is 0 Å². The van der Waals surface area contributed by atoms with Gasteiger partial charge in [-0.1, -0.05) is 0 Å². The molecule has 0 atom stereocenters. The summed E-state index contributed by atoms with van der Waals surface area (Å²) < 4.78 is 5.38. The van der Waals surface area contributed by atoms with Gasteiger partial charge in [-0.3, -0.25) is 0 Å². The molecule has 14 heavy (non-hydrogen) atoms. The topological polar surface area (TPSA) is 24.5 Å². The zero-order valence-electron chi connectivity index (χ0n) is 9.00. The molecule has 2 rings (SSSR count). The molecule has 1 N–H and O–H groups in total. The van der Waals surface area contributed by atoms with Crippen LogP contribution in [0.3, 0.4) is 0 Å². The van der Waals surface area contributed by atoms with Crippen LogP contribution in [0, 0.1) is 5.92 Å². The first-order valence-corrected chi connectivity index (χ1v) is 5.96. The number of nitrogens with zero attached hydrogens (tertiary/aromatic N) is 1. The van der Waals surface area contributed by atoms with Gasteiger partial charge in [0.1, 0.15) is 0 Å². The van der Waals surface area contributed by atoms with Crippen molar-refractivity contribution in [1.82, 2.24) is 10.2 Å². The molecule has 2 heterocycles. The number of hydrogen-bond acceptors (Lipinski definition) is 3. The number of rotatable bonds is 2. The lowest BCUT2D eigenvalue weighted by Gasteiger charge is -2.28. The van der Waals surface area contributed by atoms with Gasteiger partial charge >= 0.3 is 0 Å². The van der Waals surface area contributed by atoms with Crippen LogP contribution < -0.4 is 5.32 Å². The molecule has 0 bridgehead atoms. The summed E-state index contributed by atoms with van der Waals surface area (Å²) >= 11 is 0. The van der Waals surface area contributed by atoms with Crippen LogP contribution in [-0.4, -0.2) is 50.8 Å². The summed E-state index contributed by atoms with van der Waals surface area (Å²) in [6.45, 7) is 8.15. The van der Waals surface area contributed by atoms with Crippen LogP contribution in [0.1, 0.15) is 19.3 Å². The van der Waals surface area contributed by atoms with Gasteiger partial charge in [-0.15, -0.1) is 0 Å². The summed E-state index contributed by atoms with van der Waals surface area (Å²) in [5.41, 5.74) is 0. The summed E-state index contributed by atoms with van der Waals surface area (Å²) in [4.78, 5) is 2.62. The minimum absolute atomic E-state index is 0.891. The number of nitrogens with one attached hydrogen (secondary N) is 1. The van der Waals surface area contributed by atoms with Gasteiger partial charge in [-0.2, -0.15) is 0 Å². The second kappa shape index (κ2) is 5.69. The Morgan fingerprint density at radius 1 is 1.14 bits per heavy atom. The van der Waals surface area contributed by atoms with E-state index in [9.17, 15) is 0 Å². The van der Waals surface area contributed by atoms with Crippen molar-refractivity contribution in [2.45, 2.75) is 19.3 Å². The highest BCUT2D eigenvalue weighted by molar-refractivity contribution is 4.72. The van der Waals surface area contributed by atoms with Crippen LogP contribution in [0.5, 0.6) is 0 Å². The highest BCUT2D eigenvalue weighted by atomic mass is 16.5. The molecule has 0 aliphatic carbocycles. The molecule has 2 aliphatic heterocycles. The molecule has 0 spiro atoms. The first kappa shape index (κ1) is 10.4. The molecule has 0 aromatic rings. The lowest BCUT2D eigenvalue weighted by molar-refractivity contribution is 0.0534. The predicted octanol–water partition coefficient (Wildman–Crippen LogP) is 0.708. The van der Waals surface area contributed by atoms with Crippen LogP contribution >= 0.6 is 0 Å². The molecule has 0 saturated carbocycles. The molecular formula is C11H22N2O. The summed E-state index contributed by atoms with van der Waals surface area (Å²) in [5, 5.41) is 3.45. The highest BCUT2D eigenvalue weighted by Crippen LogP contribution is 2.16. The summed E-state index contributed by atoms with van der Waals surface area (Å²) in [6.07, 6.45) is 3.84. The first-order chi connectivity index (χ1) is 6.95. The van der Waals surface area contributed by atoms with Crippen molar-refractivity contribution in [3.05, 3.63) is 0 Å². The Morgan fingerprint density at radius 2 is 2.00 bits per heavy atom. The van der Waals surface area contributed by atoms with Gasteiger partial charge in [0.2, 0.25) is 0 Å². The van der Waals surface area contributed by atoms with Gasteiger partial charge in [0.15, 0.2) is 0 Å². The molecule has 3 heteroatoms. The number of ether oxygens (including phenoxy) is 1. The number of hydrogen-bond donors (Lipinski definition) is 1. The smallest absolute Gasteiger partial charge is 0.0469 e. The van der Waals surface area contributed by atoms with Crippen LogP contribution in [0.25, 0.3) is 0 Å². The Bertz CT molecular complexity index is 149. The molecule has 2 saturated heterocycles. The lowest BCUT2D eigenvalue weighted by Crippen LogP contribution is -2.34. The average Bonchev–Trinajstić information content (AvgIpc) is 2.48. The van der Waals surface area contributed by atoms with E-state index in [2.05, 4.69) is 10.2 Å². The minimum Gasteiger partial charge on any atom is -0.381 e. The summed E-state index contributed by atoms with van der Waals surface area (Å²) in [7, 11) is 0. The van der Waals surface area contributed by atoms with E-state index in [0.29, 0.717) is 0 Å². The van der Waals surface area contributed by atoms with Gasteiger partial charge < -0.3 is 15.0 Å². The van der Waals surface area contributed by atoms with E-state index in [1.807, 2.05) is 0 Å². The Morgan fingerprint density at radius 3 is 2.86 bits per heavy atom. The molecule has 0 aromatic carbocycles. The monoisotopic (exact) mass is 198 g/mol. The van der Waals surface area contributed by atoms with E-state index in [1.54, 1.807) is 0 Å². The molecule has 0 unspecified atom stereocenters. The second-order valence-electron chi connectivity index (χ2n) is 4.46. The van der Waals surface area contributed by atoms with Crippen molar-refractivity contribution < 1.29 is 4.74 Å². The minimum atomic E-state index is 0.891. The molecule has 2 aliphatic rings. The van der Waals surface area contributed by atoms with Crippen molar-refractivity contribution in [3.63, 3.8) is 0 Å². The van der Waals surface area contributed by atoms with E-state index in [-0.39, 0.29) is 0 Å². The van der Waals surface area contributed by atoms with Crippen molar-refractivity contribution in [2.24, 2.45) is 5.92 Å². The fourth-order valence-electron chi connectivity index (χ4n) is 2.38. The maximum absolute atomic E-state index is 5.38. The summed E-state index contributed by atoms with van der Waals surface area (Å²) in [5.74, 6) is 0.891. The van der Waals surface area contributed by atoms with E-state index in [4.69, 9.17) is 4.74 Å². The van der Waals surface area contributed by atoms with Gasteiger partial charge in [-0.25, -0.2) is 0 Å². The van der Waals surface area contributed by atoms with Gasteiger partial charge in [-0.05, 0) is 38.3 Å². The molecule has 3 nitrogen and oxygen atoms in total. The molecule has 0 amide bonds. The van der Waals surface area contributed by atoms with Crippen LogP contribution in [0.15, 0.2) is 0 Å². The van der Waals surface area contributed by atoms with Crippen LogP contribution in [0.4, 0.5) is 0 Å². The third kappa shape index (κ3) is 3.23. The lowest BCUT2D eigenvalue weighted by atomic mass is 10.00. The quantitative estimate of drug-likeness (QED) is 0.707. The van der Waals surface area contributed by atoms with Gasteiger partial charge in [0.05, 0.1) is 0 Å². The molecule has 0 aromatic heterocycles. The van der Waals surface area contributed by atoms with Gasteiger partial charge in [0, 0.05) is 32.8 Å². The largest absolute Gasteiger partial charge is 0.381 e. The van der Waals surface area contributed by atoms with E-state index in [1.165, 1.54) is 52.0 Å². The van der Waals surface area contributed by atoms with E-state index >= 15 is 0 Å². The third-order valence-electron chi connectivity index (χ3n) is 3.29. The fraction of sp³-hybridized carbons (Fsp3) is 1.00. The Kier molecular flexibility index (Phi) is 4.22. The zero-order chi connectivity index (χ0) is 9.64. The third-order valence-corrected chi connectivity index (χ3v) is 3.29. The van der Waals surface area contributed by atoms with Gasteiger partial charge in [0.25, 0.3) is 0 Å². The van der Waals surface area contributed by atoms with E-state index < -0.39 is 0 Å². The van der Waals surface area contributed by atoms with Crippen molar-refractivity contribution in [2.75, 3.05) is 45.9 Å². The van der Waals surface area contributed by atoms with Crippen molar-refractivity contribution >= 4 is 0 Å². The Hall–Kier alpha value is -0.120. The highest BCUT2D eigenvalue weighted by Gasteiger charge is 2.17. The molecule has 82 valence electrons. The average molecular weight is 198 g/mol. The zero-order valence-corrected chi connectivity index (χ0v) is 9.00.